The van der Waals surface area contributed by atoms with E-state index >= 15 is 0 Å². The van der Waals surface area contributed by atoms with Crippen LogP contribution in [0.15, 0.2) is 29.6 Å². The number of ether oxygens (including phenoxy) is 1. The van der Waals surface area contributed by atoms with Crippen LogP contribution >= 0.6 is 11.3 Å². The van der Waals surface area contributed by atoms with Crippen LogP contribution in [0.4, 0.5) is 4.39 Å². The SMILES string of the molecule is COCCN(CC1CCN(Cc2ccccc2F)CC1)C(=O)c1scc2c1CCCC2. The molecule has 31 heavy (non-hydrogen) atoms. The zero-order valence-corrected chi connectivity index (χ0v) is 19.3. The van der Waals surface area contributed by atoms with Gasteiger partial charge in [-0.15, -0.1) is 11.3 Å². The van der Waals surface area contributed by atoms with E-state index in [1.165, 1.54) is 30.0 Å². The van der Waals surface area contributed by atoms with Crippen molar-refractivity contribution >= 4 is 17.2 Å². The predicted octanol–water partition coefficient (Wildman–Crippen LogP) is 4.77. The molecule has 0 saturated carbocycles. The van der Waals surface area contributed by atoms with Crippen LogP contribution in [0.1, 0.15) is 52.0 Å². The lowest BCUT2D eigenvalue weighted by molar-refractivity contribution is 0.0620. The van der Waals surface area contributed by atoms with Crippen LogP contribution < -0.4 is 0 Å². The van der Waals surface area contributed by atoms with E-state index in [-0.39, 0.29) is 11.7 Å². The van der Waals surface area contributed by atoms with Crippen molar-refractivity contribution in [2.75, 3.05) is 39.9 Å². The van der Waals surface area contributed by atoms with Gasteiger partial charge in [0, 0.05) is 32.3 Å². The van der Waals surface area contributed by atoms with Crippen molar-refractivity contribution in [1.82, 2.24) is 9.80 Å². The molecule has 1 amide bonds. The lowest BCUT2D eigenvalue weighted by atomic mass is 9.93. The number of nitrogens with zero attached hydrogens (tertiary/aromatic N) is 2. The Bertz CT molecular complexity index is 876. The average Bonchev–Trinajstić information content (AvgIpc) is 3.23. The first-order chi connectivity index (χ1) is 15.2. The monoisotopic (exact) mass is 444 g/mol. The molecule has 2 heterocycles. The molecule has 1 aromatic carbocycles. The van der Waals surface area contributed by atoms with Crippen molar-refractivity contribution in [3.63, 3.8) is 0 Å². The summed E-state index contributed by atoms with van der Waals surface area (Å²) in [7, 11) is 1.69. The van der Waals surface area contributed by atoms with Crippen LogP contribution in [0.2, 0.25) is 0 Å². The maximum atomic E-state index is 14.0. The lowest BCUT2D eigenvalue weighted by Gasteiger charge is -2.35. The third-order valence-corrected chi connectivity index (χ3v) is 7.75. The summed E-state index contributed by atoms with van der Waals surface area (Å²) in [4.78, 5) is 18.7. The third kappa shape index (κ3) is 5.54. The smallest absolute Gasteiger partial charge is 0.264 e. The Morgan fingerprint density at radius 1 is 1.23 bits per heavy atom. The van der Waals surface area contributed by atoms with Gasteiger partial charge in [0.2, 0.25) is 0 Å². The lowest BCUT2D eigenvalue weighted by Crippen LogP contribution is -2.42. The number of likely N-dealkylation sites (tertiary alicyclic amines) is 1. The van der Waals surface area contributed by atoms with Gasteiger partial charge in [-0.1, -0.05) is 18.2 Å². The maximum Gasteiger partial charge on any atom is 0.264 e. The van der Waals surface area contributed by atoms with Crippen LogP contribution in [-0.2, 0) is 24.1 Å². The highest BCUT2D eigenvalue weighted by Gasteiger charge is 2.28. The quantitative estimate of drug-likeness (QED) is 0.588. The van der Waals surface area contributed by atoms with Gasteiger partial charge in [-0.25, -0.2) is 4.39 Å². The Kier molecular flexibility index (Phi) is 7.75. The number of piperidine rings is 1. The Morgan fingerprint density at radius 2 is 2.00 bits per heavy atom. The van der Waals surface area contributed by atoms with Gasteiger partial charge in [-0.3, -0.25) is 9.69 Å². The van der Waals surface area contributed by atoms with Gasteiger partial charge in [-0.2, -0.15) is 0 Å². The summed E-state index contributed by atoms with van der Waals surface area (Å²) >= 11 is 1.62. The Labute approximate surface area is 189 Å². The first-order valence-electron chi connectivity index (χ1n) is 11.5. The molecule has 0 atom stereocenters. The van der Waals surface area contributed by atoms with E-state index < -0.39 is 0 Å². The summed E-state index contributed by atoms with van der Waals surface area (Å²) in [5.41, 5.74) is 3.44. The number of hydrogen-bond acceptors (Lipinski definition) is 4. The zero-order chi connectivity index (χ0) is 21.6. The van der Waals surface area contributed by atoms with E-state index in [1.807, 2.05) is 17.0 Å². The predicted molar refractivity (Wildman–Crippen MR) is 123 cm³/mol. The number of benzene rings is 1. The van der Waals surface area contributed by atoms with Crippen LogP contribution in [0.3, 0.4) is 0 Å². The number of methoxy groups -OCH3 is 1. The van der Waals surface area contributed by atoms with Crippen molar-refractivity contribution in [3.8, 4) is 0 Å². The summed E-state index contributed by atoms with van der Waals surface area (Å²) < 4.78 is 19.3. The summed E-state index contributed by atoms with van der Waals surface area (Å²) in [6, 6.07) is 7.04. The summed E-state index contributed by atoms with van der Waals surface area (Å²) in [5.74, 6) is 0.535. The van der Waals surface area contributed by atoms with Gasteiger partial charge in [0.25, 0.3) is 5.91 Å². The average molecular weight is 445 g/mol. The number of fused-ring (bicyclic) bond motifs is 1. The van der Waals surface area contributed by atoms with Crippen molar-refractivity contribution in [2.24, 2.45) is 5.92 Å². The minimum Gasteiger partial charge on any atom is -0.383 e. The van der Waals surface area contributed by atoms with Crippen LogP contribution in [-0.4, -0.2) is 55.6 Å². The van der Waals surface area contributed by atoms with Gasteiger partial charge in [0.15, 0.2) is 0 Å². The zero-order valence-electron chi connectivity index (χ0n) is 18.4. The van der Waals surface area contributed by atoms with Crippen LogP contribution in [0.5, 0.6) is 0 Å². The standard InChI is InChI=1S/C25H33FN2O2S/c1-30-15-14-28(25(29)24-22-8-4-2-7-21(22)18-31-24)16-19-10-12-27(13-11-19)17-20-6-3-5-9-23(20)26/h3,5-6,9,18-19H,2,4,7-8,10-17H2,1H3. The number of carbonyl (C=O) groups excluding carboxylic acids is 1. The molecule has 0 radical (unpaired) electrons. The van der Waals surface area contributed by atoms with Gasteiger partial charge in [0.1, 0.15) is 5.82 Å². The number of rotatable bonds is 8. The maximum absolute atomic E-state index is 14.0. The van der Waals surface area contributed by atoms with Crippen molar-refractivity contribution in [1.29, 1.82) is 0 Å². The van der Waals surface area contributed by atoms with E-state index in [2.05, 4.69) is 10.3 Å². The van der Waals surface area contributed by atoms with E-state index in [4.69, 9.17) is 4.74 Å². The molecule has 1 aliphatic carbocycles. The highest BCUT2D eigenvalue weighted by atomic mass is 32.1. The van der Waals surface area contributed by atoms with Gasteiger partial charge in [0.05, 0.1) is 11.5 Å². The molecular formula is C25H33FN2O2S. The fraction of sp³-hybridized carbons (Fsp3) is 0.560. The number of aryl methyl sites for hydroxylation is 1. The second-order valence-corrected chi connectivity index (χ2v) is 9.71. The first-order valence-corrected chi connectivity index (χ1v) is 12.4. The van der Waals surface area contributed by atoms with E-state index in [0.29, 0.717) is 25.6 Å². The van der Waals surface area contributed by atoms with Crippen molar-refractivity contribution in [3.05, 3.63) is 57.0 Å². The van der Waals surface area contributed by atoms with Gasteiger partial charge < -0.3 is 9.64 Å². The summed E-state index contributed by atoms with van der Waals surface area (Å²) in [5, 5.41) is 2.19. The number of carbonyl (C=O) groups is 1. The molecule has 0 unspecified atom stereocenters. The molecule has 168 valence electrons. The molecule has 1 aromatic heterocycles. The summed E-state index contributed by atoms with van der Waals surface area (Å²) in [6.07, 6.45) is 6.63. The molecule has 0 spiro atoms. The normalized spacial score (nSPS) is 17.5. The highest BCUT2D eigenvalue weighted by Crippen LogP contribution is 2.31. The molecule has 6 heteroatoms. The van der Waals surface area contributed by atoms with E-state index in [9.17, 15) is 9.18 Å². The molecule has 0 N–H and O–H groups in total. The van der Waals surface area contributed by atoms with Gasteiger partial charge >= 0.3 is 0 Å². The van der Waals surface area contributed by atoms with Crippen molar-refractivity contribution < 1.29 is 13.9 Å². The second kappa shape index (κ2) is 10.7. The molecule has 2 aromatic rings. The minimum atomic E-state index is -0.125. The Balaban J connectivity index is 1.36. The topological polar surface area (TPSA) is 32.8 Å². The van der Waals surface area contributed by atoms with Gasteiger partial charge in [-0.05, 0) is 80.1 Å². The van der Waals surface area contributed by atoms with E-state index in [0.717, 1.165) is 55.8 Å². The fourth-order valence-electron chi connectivity index (χ4n) is 4.83. The number of halogens is 1. The Hall–Kier alpha value is -1.76. The highest BCUT2D eigenvalue weighted by molar-refractivity contribution is 7.12. The largest absolute Gasteiger partial charge is 0.383 e. The van der Waals surface area contributed by atoms with Crippen LogP contribution in [0, 0.1) is 11.7 Å². The number of amides is 1. The molecule has 0 bridgehead atoms. The van der Waals surface area contributed by atoms with Crippen LogP contribution in [0.25, 0.3) is 0 Å². The molecule has 4 rings (SSSR count). The van der Waals surface area contributed by atoms with E-state index in [1.54, 1.807) is 24.5 Å². The van der Waals surface area contributed by atoms with Crippen molar-refractivity contribution in [2.45, 2.75) is 45.1 Å². The molecular weight excluding hydrogens is 411 g/mol. The molecule has 1 saturated heterocycles. The Morgan fingerprint density at radius 3 is 2.77 bits per heavy atom. The molecule has 2 aliphatic rings. The number of thiophene rings is 1. The molecule has 4 nitrogen and oxygen atoms in total. The number of hydrogen-bond donors (Lipinski definition) is 0. The molecule has 1 fully saturated rings. The second-order valence-electron chi connectivity index (χ2n) is 8.83. The minimum absolute atomic E-state index is 0.125. The summed E-state index contributed by atoms with van der Waals surface area (Å²) in [6.45, 7) is 4.53. The first kappa shape index (κ1) is 22.4. The third-order valence-electron chi connectivity index (χ3n) is 6.69. The fourth-order valence-corrected chi connectivity index (χ4v) is 5.95. The molecule has 1 aliphatic heterocycles.